The fourth-order valence-electron chi connectivity index (χ4n) is 6.38. The lowest BCUT2D eigenvalue weighted by Gasteiger charge is -2.32. The maximum Gasteiger partial charge on any atom is 0.251 e. The highest BCUT2D eigenvalue weighted by Gasteiger charge is 2.48. The van der Waals surface area contributed by atoms with Crippen molar-refractivity contribution in [2.75, 3.05) is 39.4 Å². The fraction of sp³-hybridized carbons (Fsp3) is 0.526. The molecule has 0 spiro atoms. The molecule has 2 aliphatic carbocycles. The zero-order valence-corrected chi connectivity index (χ0v) is 30.1. The summed E-state index contributed by atoms with van der Waals surface area (Å²) < 4.78 is 18.1. The smallest absolute Gasteiger partial charge is 0.251 e. The Morgan fingerprint density at radius 3 is 2.45 bits per heavy atom. The van der Waals surface area contributed by atoms with Crippen LogP contribution in [0.15, 0.2) is 54.9 Å². The SMILES string of the molecule is O=C(NCCCCc1cc(Cl)c(COC2(c3cnccc3-c3ccccc3OC3CC3)CC2)cc1Cl)[C@@H](O)[C@@H](O)[C@H](O)[C@@H](O)CN1CCOCC1. The molecule has 3 fully saturated rings. The molecule has 6 rings (SSSR count). The van der Waals surface area contributed by atoms with E-state index >= 15 is 0 Å². The number of hydrogen-bond acceptors (Lipinski definition) is 10. The number of halogens is 2. The van der Waals surface area contributed by atoms with E-state index in [0.29, 0.717) is 55.6 Å². The predicted octanol–water partition coefficient (Wildman–Crippen LogP) is 4.02. The Labute approximate surface area is 308 Å². The molecule has 3 aromatic rings. The van der Waals surface area contributed by atoms with Gasteiger partial charge in [0, 0.05) is 59.7 Å². The summed E-state index contributed by atoms with van der Waals surface area (Å²) in [4.78, 5) is 18.8. The number of aliphatic hydroxyl groups excluding tert-OH is 4. The van der Waals surface area contributed by atoms with E-state index in [-0.39, 0.29) is 25.8 Å². The number of ether oxygens (including phenoxy) is 3. The number of unbranched alkanes of at least 4 members (excludes halogenated alkanes) is 1. The molecule has 1 saturated heterocycles. The molecule has 2 aromatic carbocycles. The molecular formula is C38H47Cl2N3O8. The maximum atomic E-state index is 12.4. The van der Waals surface area contributed by atoms with Gasteiger partial charge in [0.2, 0.25) is 0 Å². The summed E-state index contributed by atoms with van der Waals surface area (Å²) in [5, 5.41) is 45.0. The molecule has 1 aromatic heterocycles. The average Bonchev–Trinajstić information content (AvgIpc) is 4.09. The molecule has 1 amide bonds. The van der Waals surface area contributed by atoms with Crippen molar-refractivity contribution in [1.29, 1.82) is 0 Å². The molecule has 51 heavy (non-hydrogen) atoms. The Balaban J connectivity index is 0.968. The van der Waals surface area contributed by atoms with Crippen molar-refractivity contribution in [3.05, 3.63) is 81.6 Å². The van der Waals surface area contributed by atoms with Gasteiger partial charge in [0.1, 0.15) is 18.0 Å². The summed E-state index contributed by atoms with van der Waals surface area (Å²) in [6.07, 6.45) is 2.96. The third-order valence-corrected chi connectivity index (χ3v) is 10.5. The van der Waals surface area contributed by atoms with E-state index in [0.717, 1.165) is 59.3 Å². The van der Waals surface area contributed by atoms with E-state index in [4.69, 9.17) is 37.4 Å². The zero-order chi connectivity index (χ0) is 36.0. The lowest BCUT2D eigenvalue weighted by Crippen LogP contribution is -2.54. The number of aliphatic hydroxyl groups is 4. The number of β-amino-alcohol motifs (C(OH)–C–C–N with tert-alkyl or cyclic N) is 1. The van der Waals surface area contributed by atoms with Crippen LogP contribution in [0, 0.1) is 0 Å². The molecule has 2 heterocycles. The third kappa shape index (κ3) is 9.78. The van der Waals surface area contributed by atoms with Gasteiger partial charge >= 0.3 is 0 Å². The summed E-state index contributed by atoms with van der Waals surface area (Å²) >= 11 is 13.4. The van der Waals surface area contributed by atoms with Crippen LogP contribution in [0.25, 0.3) is 11.1 Å². The first-order chi connectivity index (χ1) is 24.6. The van der Waals surface area contributed by atoms with Gasteiger partial charge in [-0.1, -0.05) is 41.4 Å². The Hall–Kier alpha value is -2.84. The zero-order valence-electron chi connectivity index (χ0n) is 28.6. The van der Waals surface area contributed by atoms with Gasteiger partial charge in [-0.05, 0) is 85.9 Å². The summed E-state index contributed by atoms with van der Waals surface area (Å²) in [5.41, 5.74) is 4.30. The molecule has 11 nitrogen and oxygen atoms in total. The number of pyridine rings is 1. The minimum atomic E-state index is -1.89. The normalized spacial score (nSPS) is 19.6. The van der Waals surface area contributed by atoms with E-state index in [1.54, 1.807) is 6.20 Å². The molecule has 0 unspecified atom stereocenters. The molecule has 13 heteroatoms. The first-order valence-corrected chi connectivity index (χ1v) is 18.5. The summed E-state index contributed by atoms with van der Waals surface area (Å²) in [7, 11) is 0. The van der Waals surface area contributed by atoms with Crippen molar-refractivity contribution in [1.82, 2.24) is 15.2 Å². The standard InChI is InChI=1S/C38H47Cl2N3O8/c39-30-20-25(23-50-38(11-12-38)29-21-41-14-10-27(29)28-6-1-2-7-33(28)51-26-8-9-26)31(40)19-24(30)5-3-4-13-42-37(48)36(47)35(46)34(45)32(44)22-43-15-17-49-18-16-43/h1-2,6-7,10,14,19-21,26,32,34-36,44-47H,3-5,8-9,11-13,15-18,22-23H2,(H,42,48)/t32-,34+,35-,36-/m0/s1. The van der Waals surface area contributed by atoms with E-state index in [1.165, 1.54) is 0 Å². The number of nitrogens with zero attached hydrogens (tertiary/aromatic N) is 2. The van der Waals surface area contributed by atoms with Crippen LogP contribution >= 0.6 is 23.2 Å². The lowest BCUT2D eigenvalue weighted by molar-refractivity contribution is -0.148. The second-order valence-electron chi connectivity index (χ2n) is 13.7. The van der Waals surface area contributed by atoms with Gasteiger partial charge in [-0.25, -0.2) is 0 Å². The van der Waals surface area contributed by atoms with E-state index in [2.05, 4.69) is 16.4 Å². The number of aryl methyl sites for hydroxylation is 1. The van der Waals surface area contributed by atoms with E-state index < -0.39 is 35.9 Å². The minimum absolute atomic E-state index is 0.0927. The number of morpholine rings is 1. The van der Waals surface area contributed by atoms with Gasteiger partial charge in [-0.3, -0.25) is 14.7 Å². The highest BCUT2D eigenvalue weighted by molar-refractivity contribution is 6.34. The second-order valence-corrected chi connectivity index (χ2v) is 14.5. The number of carbonyl (C=O) groups is 1. The molecule has 2 saturated carbocycles. The average molecular weight is 745 g/mol. The third-order valence-electron chi connectivity index (χ3n) is 9.79. The first kappa shape index (κ1) is 37.9. The van der Waals surface area contributed by atoms with Crippen LogP contribution in [0.3, 0.4) is 0 Å². The van der Waals surface area contributed by atoms with Crippen LogP contribution in [0.2, 0.25) is 10.0 Å². The van der Waals surface area contributed by atoms with Crippen LogP contribution in [0.4, 0.5) is 0 Å². The van der Waals surface area contributed by atoms with E-state index in [9.17, 15) is 25.2 Å². The van der Waals surface area contributed by atoms with Gasteiger partial charge in [-0.15, -0.1) is 0 Å². The van der Waals surface area contributed by atoms with Crippen LogP contribution in [0.5, 0.6) is 5.75 Å². The van der Waals surface area contributed by atoms with Crippen molar-refractivity contribution >= 4 is 29.1 Å². The molecule has 4 atom stereocenters. The number of aromatic nitrogens is 1. The summed E-state index contributed by atoms with van der Waals surface area (Å²) in [6, 6.07) is 13.8. The molecule has 276 valence electrons. The van der Waals surface area contributed by atoms with Gasteiger partial charge in [0.05, 0.1) is 37.6 Å². The molecular weight excluding hydrogens is 697 g/mol. The van der Waals surface area contributed by atoms with Crippen LogP contribution in [-0.4, -0.2) is 106 Å². The largest absolute Gasteiger partial charge is 0.490 e. The maximum absolute atomic E-state index is 12.4. The fourth-order valence-corrected chi connectivity index (χ4v) is 6.91. The molecule has 0 radical (unpaired) electrons. The highest BCUT2D eigenvalue weighted by atomic mass is 35.5. The minimum Gasteiger partial charge on any atom is -0.490 e. The lowest BCUT2D eigenvalue weighted by atomic mass is 9.96. The Morgan fingerprint density at radius 2 is 1.71 bits per heavy atom. The van der Waals surface area contributed by atoms with Crippen molar-refractivity contribution in [2.24, 2.45) is 0 Å². The van der Waals surface area contributed by atoms with Crippen molar-refractivity contribution in [3.63, 3.8) is 0 Å². The number of para-hydroxylation sites is 1. The monoisotopic (exact) mass is 743 g/mol. The van der Waals surface area contributed by atoms with Crippen molar-refractivity contribution in [2.45, 2.75) is 87.7 Å². The van der Waals surface area contributed by atoms with Crippen molar-refractivity contribution in [3.8, 4) is 16.9 Å². The summed E-state index contributed by atoms with van der Waals surface area (Å²) in [5.74, 6) is 0.0480. The van der Waals surface area contributed by atoms with Crippen molar-refractivity contribution < 1.29 is 39.4 Å². The summed E-state index contributed by atoms with van der Waals surface area (Å²) in [6.45, 7) is 2.81. The number of hydrogen-bond donors (Lipinski definition) is 5. The van der Waals surface area contributed by atoms with Crippen LogP contribution in [0.1, 0.15) is 55.2 Å². The molecule has 3 aliphatic rings. The number of nitrogens with one attached hydrogen (secondary N) is 1. The first-order valence-electron chi connectivity index (χ1n) is 17.8. The van der Waals surface area contributed by atoms with Crippen LogP contribution < -0.4 is 10.1 Å². The second kappa shape index (κ2) is 17.3. The Bertz CT molecular complexity index is 1630. The molecule has 1 aliphatic heterocycles. The highest BCUT2D eigenvalue weighted by Crippen LogP contribution is 2.53. The Morgan fingerprint density at radius 1 is 0.980 bits per heavy atom. The quantitative estimate of drug-likeness (QED) is 0.121. The number of amides is 1. The predicted molar refractivity (Wildman–Crippen MR) is 193 cm³/mol. The molecule has 5 N–H and O–H groups in total. The number of benzene rings is 2. The van der Waals surface area contributed by atoms with Gasteiger partial charge < -0.3 is 40.0 Å². The molecule has 0 bridgehead atoms. The van der Waals surface area contributed by atoms with E-state index in [1.807, 2.05) is 47.5 Å². The Kier molecular flexibility index (Phi) is 12.9. The van der Waals surface area contributed by atoms with Crippen LogP contribution in [-0.2, 0) is 32.9 Å². The van der Waals surface area contributed by atoms with Gasteiger partial charge in [0.15, 0.2) is 6.10 Å². The number of rotatable bonds is 18. The van der Waals surface area contributed by atoms with Gasteiger partial charge in [-0.2, -0.15) is 0 Å². The number of carbonyl (C=O) groups excluding carboxylic acids is 1. The van der Waals surface area contributed by atoms with Gasteiger partial charge in [0.25, 0.3) is 5.91 Å². The topological polar surface area (TPSA) is 154 Å².